The lowest BCUT2D eigenvalue weighted by atomic mass is 10.0. The van der Waals surface area contributed by atoms with Crippen LogP contribution in [0.4, 0.5) is 0 Å². The molecule has 1 aromatic rings. The van der Waals surface area contributed by atoms with E-state index >= 15 is 0 Å². The molecule has 0 aromatic heterocycles. The molecule has 0 radical (unpaired) electrons. The molecule has 0 aliphatic carbocycles. The van der Waals surface area contributed by atoms with E-state index in [1.165, 1.54) is 32.4 Å². The molecular formula is C18H30N2. The second-order valence-electron chi connectivity index (χ2n) is 7.12. The summed E-state index contributed by atoms with van der Waals surface area (Å²) < 4.78 is 0. The van der Waals surface area contributed by atoms with E-state index in [1.807, 2.05) is 0 Å². The molecule has 1 N–H and O–H groups in total. The third-order valence-electron chi connectivity index (χ3n) is 4.30. The zero-order chi connectivity index (χ0) is 14.6. The Bertz CT molecular complexity index is 393. The van der Waals surface area contributed by atoms with Gasteiger partial charge in [0.15, 0.2) is 0 Å². The first-order valence-electron chi connectivity index (χ1n) is 8.01. The summed E-state index contributed by atoms with van der Waals surface area (Å²) in [5.41, 5.74) is 3.33. The van der Waals surface area contributed by atoms with Gasteiger partial charge in [0.2, 0.25) is 0 Å². The first kappa shape index (κ1) is 15.5. The van der Waals surface area contributed by atoms with E-state index in [1.54, 1.807) is 11.1 Å². The van der Waals surface area contributed by atoms with Crippen LogP contribution in [0.5, 0.6) is 0 Å². The lowest BCUT2D eigenvalue weighted by molar-refractivity contribution is 0.204. The van der Waals surface area contributed by atoms with Crippen LogP contribution in [-0.4, -0.2) is 36.1 Å². The van der Waals surface area contributed by atoms with Crippen molar-refractivity contribution in [2.24, 2.45) is 0 Å². The summed E-state index contributed by atoms with van der Waals surface area (Å²) in [5.74, 6) is 0. The van der Waals surface area contributed by atoms with Gasteiger partial charge in [0.25, 0.3) is 0 Å². The molecule has 0 bridgehead atoms. The van der Waals surface area contributed by atoms with E-state index in [-0.39, 0.29) is 5.54 Å². The molecule has 112 valence electrons. The molecule has 0 saturated carbocycles. The zero-order valence-electron chi connectivity index (χ0n) is 13.6. The first-order valence-corrected chi connectivity index (χ1v) is 8.01. The van der Waals surface area contributed by atoms with Crippen molar-refractivity contribution in [2.75, 3.05) is 19.6 Å². The molecule has 0 fully saturated rings. The molecule has 1 atom stereocenters. The van der Waals surface area contributed by atoms with Crippen molar-refractivity contribution < 1.29 is 0 Å². The minimum absolute atomic E-state index is 0.231. The van der Waals surface area contributed by atoms with Crippen LogP contribution in [0, 0.1) is 0 Å². The molecule has 20 heavy (non-hydrogen) atoms. The molecule has 1 aromatic carbocycles. The molecular weight excluding hydrogens is 244 g/mol. The van der Waals surface area contributed by atoms with Crippen LogP contribution in [0.25, 0.3) is 0 Å². The minimum atomic E-state index is 0.231. The fourth-order valence-electron chi connectivity index (χ4n) is 2.96. The quantitative estimate of drug-likeness (QED) is 0.906. The summed E-state index contributed by atoms with van der Waals surface area (Å²) in [6, 6.07) is 9.60. The smallest absolute Gasteiger partial charge is 0.00965 e. The number of hydrogen-bond acceptors (Lipinski definition) is 2. The van der Waals surface area contributed by atoms with Crippen LogP contribution in [0.3, 0.4) is 0 Å². The summed E-state index contributed by atoms with van der Waals surface area (Å²) in [6.45, 7) is 12.6. The van der Waals surface area contributed by atoms with Crippen LogP contribution in [0.2, 0.25) is 0 Å². The van der Waals surface area contributed by atoms with E-state index in [2.05, 4.69) is 62.2 Å². The van der Waals surface area contributed by atoms with Crippen LogP contribution in [0.1, 0.15) is 45.2 Å². The second-order valence-corrected chi connectivity index (χ2v) is 7.12. The van der Waals surface area contributed by atoms with Gasteiger partial charge in [-0.2, -0.15) is 0 Å². The molecule has 1 heterocycles. The van der Waals surface area contributed by atoms with Crippen molar-refractivity contribution >= 4 is 0 Å². The molecule has 2 rings (SSSR count). The highest BCUT2D eigenvalue weighted by Gasteiger charge is 2.18. The lowest BCUT2D eigenvalue weighted by Gasteiger charge is -2.29. The Morgan fingerprint density at radius 3 is 2.15 bits per heavy atom. The van der Waals surface area contributed by atoms with E-state index in [9.17, 15) is 0 Å². The van der Waals surface area contributed by atoms with Gasteiger partial charge in [0.05, 0.1) is 0 Å². The van der Waals surface area contributed by atoms with Crippen LogP contribution in [-0.2, 0) is 12.8 Å². The Kier molecular flexibility index (Phi) is 5.22. The predicted molar refractivity (Wildman–Crippen MR) is 87.3 cm³/mol. The predicted octanol–water partition coefficient (Wildman–Crippen LogP) is 3.25. The minimum Gasteiger partial charge on any atom is -0.312 e. The Morgan fingerprint density at radius 2 is 1.65 bits per heavy atom. The number of nitrogens with zero attached hydrogens (tertiary/aromatic N) is 1. The van der Waals surface area contributed by atoms with Gasteiger partial charge < -0.3 is 5.32 Å². The van der Waals surface area contributed by atoms with Crippen molar-refractivity contribution in [3.8, 4) is 0 Å². The average Bonchev–Trinajstić information content (AvgIpc) is 2.59. The summed E-state index contributed by atoms with van der Waals surface area (Å²) in [4.78, 5) is 2.66. The number of hydrogen-bond donors (Lipinski definition) is 1. The highest BCUT2D eigenvalue weighted by atomic mass is 15.1. The molecule has 2 heteroatoms. The number of rotatable bonds is 4. The Hall–Kier alpha value is -0.860. The maximum Gasteiger partial charge on any atom is 0.00965 e. The van der Waals surface area contributed by atoms with Gasteiger partial charge in [-0.05, 0) is 64.6 Å². The van der Waals surface area contributed by atoms with Gasteiger partial charge in [-0.25, -0.2) is 0 Å². The second kappa shape index (κ2) is 6.73. The molecule has 0 spiro atoms. The third-order valence-corrected chi connectivity index (χ3v) is 4.30. The van der Waals surface area contributed by atoms with E-state index in [0.717, 1.165) is 6.54 Å². The fourth-order valence-corrected chi connectivity index (χ4v) is 2.96. The fraction of sp³-hybridized carbons (Fsp3) is 0.667. The Balaban J connectivity index is 1.83. The van der Waals surface area contributed by atoms with Gasteiger partial charge in [-0.1, -0.05) is 24.3 Å². The number of nitrogens with one attached hydrogen (secondary N) is 1. The summed E-state index contributed by atoms with van der Waals surface area (Å²) in [5, 5.41) is 3.60. The maximum absolute atomic E-state index is 3.60. The SMILES string of the molecule is CC(CCNC(C)(C)C)N1CCc2ccccc2CC1. The maximum atomic E-state index is 3.60. The molecule has 1 aliphatic heterocycles. The van der Waals surface area contributed by atoms with Crippen molar-refractivity contribution in [1.29, 1.82) is 0 Å². The number of benzene rings is 1. The third kappa shape index (κ3) is 4.60. The summed E-state index contributed by atoms with van der Waals surface area (Å²) >= 11 is 0. The molecule has 1 unspecified atom stereocenters. The molecule has 0 amide bonds. The van der Waals surface area contributed by atoms with Crippen molar-refractivity contribution in [2.45, 2.75) is 58.5 Å². The Labute approximate surface area is 124 Å². The highest BCUT2D eigenvalue weighted by Crippen LogP contribution is 2.17. The largest absolute Gasteiger partial charge is 0.312 e. The first-order chi connectivity index (χ1) is 9.46. The van der Waals surface area contributed by atoms with Crippen molar-refractivity contribution in [1.82, 2.24) is 10.2 Å². The highest BCUT2D eigenvalue weighted by molar-refractivity contribution is 5.28. The average molecular weight is 274 g/mol. The molecule has 0 saturated heterocycles. The van der Waals surface area contributed by atoms with Crippen molar-refractivity contribution in [3.05, 3.63) is 35.4 Å². The van der Waals surface area contributed by atoms with Crippen LogP contribution < -0.4 is 5.32 Å². The van der Waals surface area contributed by atoms with E-state index in [4.69, 9.17) is 0 Å². The van der Waals surface area contributed by atoms with Gasteiger partial charge in [0, 0.05) is 24.7 Å². The van der Waals surface area contributed by atoms with E-state index < -0.39 is 0 Å². The van der Waals surface area contributed by atoms with Gasteiger partial charge in [-0.3, -0.25) is 4.90 Å². The monoisotopic (exact) mass is 274 g/mol. The van der Waals surface area contributed by atoms with Crippen LogP contribution >= 0.6 is 0 Å². The normalized spacial score (nSPS) is 18.4. The lowest BCUT2D eigenvalue weighted by Crippen LogP contribution is -2.41. The number of fused-ring (bicyclic) bond motifs is 1. The summed E-state index contributed by atoms with van der Waals surface area (Å²) in [6.07, 6.45) is 3.63. The molecule has 1 aliphatic rings. The van der Waals surface area contributed by atoms with E-state index in [0.29, 0.717) is 6.04 Å². The zero-order valence-corrected chi connectivity index (χ0v) is 13.6. The van der Waals surface area contributed by atoms with Gasteiger partial charge in [-0.15, -0.1) is 0 Å². The van der Waals surface area contributed by atoms with Gasteiger partial charge >= 0.3 is 0 Å². The van der Waals surface area contributed by atoms with Crippen molar-refractivity contribution in [3.63, 3.8) is 0 Å². The van der Waals surface area contributed by atoms with Crippen LogP contribution in [0.15, 0.2) is 24.3 Å². The topological polar surface area (TPSA) is 15.3 Å². The standard InChI is InChI=1S/C18H30N2/c1-15(9-12-19-18(2,3)4)20-13-10-16-7-5-6-8-17(16)11-14-20/h5-8,15,19H,9-14H2,1-4H3. The summed E-state index contributed by atoms with van der Waals surface area (Å²) in [7, 11) is 0. The van der Waals surface area contributed by atoms with Gasteiger partial charge in [0.1, 0.15) is 0 Å². The molecule has 2 nitrogen and oxygen atoms in total. The Morgan fingerprint density at radius 1 is 1.10 bits per heavy atom.